The van der Waals surface area contributed by atoms with Gasteiger partial charge in [-0.15, -0.1) is 0 Å². The average Bonchev–Trinajstić information content (AvgIpc) is 3.48. The van der Waals surface area contributed by atoms with Crippen LogP contribution in [0.1, 0.15) is 13.8 Å². The van der Waals surface area contributed by atoms with Gasteiger partial charge in [-0.25, -0.2) is 0 Å². The first-order valence-corrected chi connectivity index (χ1v) is 13.8. The zero-order chi connectivity index (χ0) is 22.3. The van der Waals surface area contributed by atoms with Crippen LogP contribution < -0.4 is 0 Å². The average molecular weight is 690 g/mol. The highest BCUT2D eigenvalue weighted by atomic mass is 79.9. The van der Waals surface area contributed by atoms with Crippen LogP contribution in [-0.2, 0) is 28.7 Å². The van der Waals surface area contributed by atoms with Gasteiger partial charge in [0, 0.05) is 0 Å². The molecule has 6 aliphatic rings. The summed E-state index contributed by atoms with van der Waals surface area (Å²) in [6.45, 7) is 3.20. The molecule has 12 unspecified atom stereocenters. The first-order valence-electron chi connectivity index (χ1n) is 10.1. The number of ether oxygens (including phenoxy) is 2. The monoisotopic (exact) mass is 686 g/mol. The molecule has 0 aliphatic carbocycles. The molecule has 12 atom stereocenters. The number of hydrogen-bond donors (Lipinski definition) is 0. The van der Waals surface area contributed by atoms with Crippen LogP contribution in [0.3, 0.4) is 0 Å². The van der Waals surface area contributed by atoms with E-state index in [0.29, 0.717) is 0 Å². The number of hydrogen-bond acceptors (Lipinski definition) is 6. The number of fused-ring (bicyclic) bond motifs is 10. The summed E-state index contributed by atoms with van der Waals surface area (Å²) in [6.07, 6.45) is -1.69. The van der Waals surface area contributed by atoms with Crippen LogP contribution in [-0.4, -0.2) is 82.8 Å². The van der Waals surface area contributed by atoms with Gasteiger partial charge < -0.3 is 9.47 Å². The predicted molar refractivity (Wildman–Crippen MR) is 120 cm³/mol. The van der Waals surface area contributed by atoms with Gasteiger partial charge in [-0.3, -0.25) is 29.0 Å². The molecular weight excluding hydrogens is 672 g/mol. The van der Waals surface area contributed by atoms with E-state index in [1.165, 1.54) is 0 Å². The molecule has 6 heterocycles. The van der Waals surface area contributed by atoms with E-state index < -0.39 is 53.8 Å². The van der Waals surface area contributed by atoms with Gasteiger partial charge in [0.05, 0.1) is 67.4 Å². The Kier molecular flexibility index (Phi) is 4.62. The molecular formula is C19H18Br4N2O6. The highest BCUT2D eigenvalue weighted by Gasteiger charge is 2.73. The zero-order valence-electron chi connectivity index (χ0n) is 16.3. The Morgan fingerprint density at radius 1 is 0.581 bits per heavy atom. The van der Waals surface area contributed by atoms with Crippen molar-refractivity contribution < 1.29 is 28.7 Å². The number of likely N-dealkylation sites (tertiary alicyclic amines) is 2. The molecule has 6 aliphatic heterocycles. The molecule has 0 N–H and O–H groups in total. The second kappa shape index (κ2) is 6.62. The van der Waals surface area contributed by atoms with E-state index in [1.807, 2.05) is 0 Å². The summed E-state index contributed by atoms with van der Waals surface area (Å²) in [5, 5.41) is 0. The molecule has 6 rings (SSSR count). The van der Waals surface area contributed by atoms with Crippen LogP contribution in [0.25, 0.3) is 0 Å². The Labute approximate surface area is 211 Å². The number of carbonyl (C=O) groups is 4. The molecule has 0 aromatic carbocycles. The van der Waals surface area contributed by atoms with Crippen molar-refractivity contribution in [1.82, 2.24) is 9.80 Å². The second-order valence-electron chi connectivity index (χ2n) is 9.53. The van der Waals surface area contributed by atoms with Crippen molar-refractivity contribution in [2.45, 2.75) is 63.2 Å². The van der Waals surface area contributed by atoms with Gasteiger partial charge in [0.15, 0.2) is 0 Å². The highest BCUT2D eigenvalue weighted by Crippen LogP contribution is 2.57. The Bertz CT molecular complexity index is 810. The first kappa shape index (κ1) is 21.6. The van der Waals surface area contributed by atoms with Gasteiger partial charge in [0.2, 0.25) is 23.6 Å². The minimum Gasteiger partial charge on any atom is -0.371 e. The number of carbonyl (C=O) groups excluding carboxylic acids is 4. The molecule has 4 amide bonds. The van der Waals surface area contributed by atoms with E-state index in [4.69, 9.17) is 9.47 Å². The SMILES string of the molecule is CC(C)(N1C(=O)C2C3OC(C(Br)C3Br)C2C1=O)N1C(=O)C2C3OC(C(Br)C3Br)C2C1=O. The standard InChI is InChI=1S/C19H18Br4N2O6/c1-19(2,24-15(26)3-4(16(24)27)12-8(21)7(20)11(3)30-12)25-17(28)5-6(18(25)29)14-10(23)9(22)13(5)31-14/h3-14H,1-2H3. The van der Waals surface area contributed by atoms with Crippen LogP contribution in [0.4, 0.5) is 0 Å². The molecule has 31 heavy (non-hydrogen) atoms. The number of imide groups is 2. The highest BCUT2D eigenvalue weighted by molar-refractivity contribution is 9.12. The molecule has 0 saturated carbocycles. The maximum Gasteiger partial charge on any atom is 0.237 e. The molecule has 0 spiro atoms. The second-order valence-corrected chi connectivity index (χ2v) is 13.8. The quantitative estimate of drug-likeness (QED) is 0.323. The van der Waals surface area contributed by atoms with E-state index in [2.05, 4.69) is 63.7 Å². The van der Waals surface area contributed by atoms with Gasteiger partial charge in [0.25, 0.3) is 0 Å². The van der Waals surface area contributed by atoms with E-state index in [9.17, 15) is 19.2 Å². The third-order valence-corrected chi connectivity index (χ3v) is 13.6. The third-order valence-electron chi connectivity index (χ3n) is 7.80. The molecule has 0 aromatic heterocycles. The van der Waals surface area contributed by atoms with Gasteiger partial charge in [-0.05, 0) is 13.8 Å². The lowest BCUT2D eigenvalue weighted by Gasteiger charge is -2.41. The maximum absolute atomic E-state index is 13.4. The number of amides is 4. The maximum atomic E-state index is 13.4. The topological polar surface area (TPSA) is 93.2 Å². The summed E-state index contributed by atoms with van der Waals surface area (Å²) < 4.78 is 11.8. The summed E-state index contributed by atoms with van der Waals surface area (Å²) >= 11 is 14.3. The Balaban J connectivity index is 1.35. The number of alkyl halides is 4. The fourth-order valence-corrected chi connectivity index (χ4v) is 9.52. The molecule has 168 valence electrons. The van der Waals surface area contributed by atoms with Crippen LogP contribution in [0.5, 0.6) is 0 Å². The van der Waals surface area contributed by atoms with Crippen LogP contribution in [0.15, 0.2) is 0 Å². The van der Waals surface area contributed by atoms with Crippen LogP contribution in [0, 0.1) is 23.7 Å². The van der Waals surface area contributed by atoms with Crippen molar-refractivity contribution in [3.05, 3.63) is 0 Å². The third kappa shape index (κ3) is 2.38. The molecule has 8 nitrogen and oxygen atoms in total. The summed E-state index contributed by atoms with van der Waals surface area (Å²) in [7, 11) is 0. The van der Waals surface area contributed by atoms with E-state index in [0.717, 1.165) is 9.80 Å². The number of halogens is 4. The van der Waals surface area contributed by atoms with Crippen molar-refractivity contribution >= 4 is 87.3 Å². The minimum atomic E-state index is -1.41. The smallest absolute Gasteiger partial charge is 0.237 e. The Hall–Kier alpha value is 0.120. The first-order chi connectivity index (χ1) is 14.5. The lowest BCUT2D eigenvalue weighted by molar-refractivity contribution is -0.166. The summed E-state index contributed by atoms with van der Waals surface area (Å²) in [4.78, 5) is 55.7. The van der Waals surface area contributed by atoms with Gasteiger partial charge >= 0.3 is 0 Å². The molecule has 12 heteroatoms. The van der Waals surface area contributed by atoms with E-state index in [1.54, 1.807) is 13.8 Å². The fraction of sp³-hybridized carbons (Fsp3) is 0.789. The molecule has 4 bridgehead atoms. The van der Waals surface area contributed by atoms with Gasteiger partial charge in [-0.1, -0.05) is 63.7 Å². The lowest BCUT2D eigenvalue weighted by Crippen LogP contribution is -2.62. The number of rotatable bonds is 2. The largest absolute Gasteiger partial charge is 0.371 e. The van der Waals surface area contributed by atoms with Gasteiger partial charge in [0.1, 0.15) is 5.66 Å². The van der Waals surface area contributed by atoms with Crippen molar-refractivity contribution in [3.8, 4) is 0 Å². The fourth-order valence-electron chi connectivity index (χ4n) is 6.50. The number of nitrogens with zero attached hydrogens (tertiary/aromatic N) is 2. The van der Waals surface area contributed by atoms with Crippen molar-refractivity contribution in [2.24, 2.45) is 23.7 Å². The Morgan fingerprint density at radius 2 is 0.806 bits per heavy atom. The van der Waals surface area contributed by atoms with Crippen LogP contribution in [0.2, 0.25) is 0 Å². The van der Waals surface area contributed by atoms with E-state index >= 15 is 0 Å². The Morgan fingerprint density at radius 3 is 1.03 bits per heavy atom. The molecule has 0 aromatic rings. The van der Waals surface area contributed by atoms with Crippen molar-refractivity contribution in [3.63, 3.8) is 0 Å². The normalized spacial score (nSPS) is 52.7. The summed E-state index contributed by atoms with van der Waals surface area (Å²) in [5.41, 5.74) is -1.41. The van der Waals surface area contributed by atoms with Crippen LogP contribution >= 0.6 is 63.7 Å². The summed E-state index contributed by atoms with van der Waals surface area (Å²) in [5.74, 6) is -3.98. The predicted octanol–water partition coefficient (Wildman–Crippen LogP) is 1.54. The zero-order valence-corrected chi connectivity index (χ0v) is 22.6. The minimum absolute atomic E-state index is 0.0903. The van der Waals surface area contributed by atoms with Crippen molar-refractivity contribution in [2.75, 3.05) is 0 Å². The van der Waals surface area contributed by atoms with E-state index in [-0.39, 0.29) is 42.9 Å². The van der Waals surface area contributed by atoms with Crippen molar-refractivity contribution in [1.29, 1.82) is 0 Å². The lowest BCUT2D eigenvalue weighted by atomic mass is 9.81. The molecule has 6 fully saturated rings. The molecule has 6 saturated heterocycles. The summed E-state index contributed by atoms with van der Waals surface area (Å²) in [6, 6.07) is 0. The van der Waals surface area contributed by atoms with Gasteiger partial charge in [-0.2, -0.15) is 0 Å². The molecule has 0 radical (unpaired) electrons.